The highest BCUT2D eigenvalue weighted by atomic mass is 16.7. The van der Waals surface area contributed by atoms with Crippen LogP contribution in [0.1, 0.15) is 6.92 Å². The van der Waals surface area contributed by atoms with E-state index in [4.69, 9.17) is 4.84 Å². The summed E-state index contributed by atoms with van der Waals surface area (Å²) >= 11 is 0. The summed E-state index contributed by atoms with van der Waals surface area (Å²) in [5.74, 6) is 0.688. The molecule has 0 fully saturated rings. The number of para-hydroxylation sites is 2. The Kier molecular flexibility index (Phi) is 1.83. The summed E-state index contributed by atoms with van der Waals surface area (Å²) in [6.45, 7) is 1.81. The highest BCUT2D eigenvalue weighted by Crippen LogP contribution is 2.28. The highest BCUT2D eigenvalue weighted by molar-refractivity contribution is 5.58. The third-order valence-electron chi connectivity index (χ3n) is 1.74. The molecule has 0 bridgehead atoms. The molecule has 67 valence electrons. The van der Waals surface area contributed by atoms with Gasteiger partial charge in [-0.1, -0.05) is 17.7 Å². The first-order valence-electron chi connectivity index (χ1n) is 3.93. The van der Waals surface area contributed by atoms with Crippen molar-refractivity contribution in [2.45, 2.75) is 6.92 Å². The average Bonchev–Trinajstić information content (AvgIpc) is 2.53. The lowest BCUT2D eigenvalue weighted by atomic mass is 10.3. The quantitative estimate of drug-likeness (QED) is 0.713. The van der Waals surface area contributed by atoms with Gasteiger partial charge in [-0.15, -0.1) is 0 Å². The van der Waals surface area contributed by atoms with Crippen molar-refractivity contribution < 1.29 is 9.94 Å². The Morgan fingerprint density at radius 2 is 2.15 bits per heavy atom. The molecule has 2 rings (SSSR count). The zero-order valence-corrected chi connectivity index (χ0v) is 7.15. The van der Waals surface area contributed by atoms with E-state index in [9.17, 15) is 5.11 Å². The van der Waals surface area contributed by atoms with Crippen LogP contribution in [-0.4, -0.2) is 0 Å². The maximum atomic E-state index is 11.3. The number of hydrazine groups is 1. The molecule has 1 heterocycles. The van der Waals surface area contributed by atoms with Gasteiger partial charge in [0.05, 0.1) is 6.20 Å². The first-order chi connectivity index (χ1) is 6.27. The second-order valence-corrected chi connectivity index (χ2v) is 2.77. The van der Waals surface area contributed by atoms with Gasteiger partial charge in [-0.05, 0) is 19.1 Å². The number of allylic oxidation sites excluding steroid dienone is 1. The molecule has 0 saturated carbocycles. The monoisotopic (exact) mass is 177 g/mol. The van der Waals surface area contributed by atoms with Crippen molar-refractivity contribution >= 4 is 5.69 Å². The summed E-state index contributed by atoms with van der Waals surface area (Å²) in [6, 6.07) is 6.76. The molecule has 0 aromatic heterocycles. The number of hydrogen-bond donors (Lipinski definition) is 1. The Morgan fingerprint density at radius 3 is 2.77 bits per heavy atom. The number of hydrogen-bond acceptors (Lipinski definition) is 3. The van der Waals surface area contributed by atoms with Crippen LogP contribution in [0.25, 0.3) is 0 Å². The molecule has 0 saturated heterocycles. The Bertz CT molecular complexity index is 349. The van der Waals surface area contributed by atoms with Gasteiger partial charge >= 0.3 is 0 Å². The Hall–Kier alpha value is -1.68. The number of benzene rings is 1. The molecule has 4 nitrogen and oxygen atoms in total. The van der Waals surface area contributed by atoms with Gasteiger partial charge < -0.3 is 4.84 Å². The van der Waals surface area contributed by atoms with Crippen LogP contribution >= 0.6 is 0 Å². The molecule has 0 amide bonds. The molecule has 0 atom stereocenters. The van der Waals surface area contributed by atoms with Crippen LogP contribution in [0, 0.1) is 0 Å². The standard InChI is InChI=1S/C9H9N2O2/c1-7-6-11(10-13-7)8-4-2-3-5-9(8)12/h2-6,10H,1H3. The van der Waals surface area contributed by atoms with Crippen molar-refractivity contribution in [2.24, 2.45) is 0 Å². The van der Waals surface area contributed by atoms with E-state index in [1.54, 1.807) is 36.3 Å². The van der Waals surface area contributed by atoms with E-state index >= 15 is 0 Å². The van der Waals surface area contributed by atoms with Gasteiger partial charge in [0, 0.05) is 0 Å². The van der Waals surface area contributed by atoms with E-state index in [-0.39, 0.29) is 5.75 Å². The summed E-state index contributed by atoms with van der Waals surface area (Å²) in [6.07, 6.45) is 1.72. The average molecular weight is 177 g/mol. The fourth-order valence-electron chi connectivity index (χ4n) is 1.13. The second-order valence-electron chi connectivity index (χ2n) is 2.77. The zero-order valence-electron chi connectivity index (χ0n) is 7.15. The largest absolute Gasteiger partial charge is 0.392 e. The van der Waals surface area contributed by atoms with Crippen molar-refractivity contribution in [3.63, 3.8) is 0 Å². The van der Waals surface area contributed by atoms with Gasteiger partial charge in [0.1, 0.15) is 11.4 Å². The van der Waals surface area contributed by atoms with Crippen molar-refractivity contribution in [1.29, 1.82) is 0 Å². The molecule has 4 heteroatoms. The third kappa shape index (κ3) is 1.43. The second kappa shape index (κ2) is 2.99. The van der Waals surface area contributed by atoms with Gasteiger partial charge in [-0.3, -0.25) is 5.11 Å². The van der Waals surface area contributed by atoms with E-state index in [0.717, 1.165) is 5.76 Å². The Labute approximate surface area is 76.0 Å². The minimum atomic E-state index is -0.0375. The lowest BCUT2D eigenvalue weighted by Crippen LogP contribution is -2.26. The molecule has 1 aromatic rings. The van der Waals surface area contributed by atoms with E-state index in [1.165, 1.54) is 6.07 Å². The fourth-order valence-corrected chi connectivity index (χ4v) is 1.13. The number of nitrogens with one attached hydrogen (secondary N) is 1. The maximum absolute atomic E-state index is 11.3. The topological polar surface area (TPSA) is 44.4 Å². The third-order valence-corrected chi connectivity index (χ3v) is 1.74. The van der Waals surface area contributed by atoms with Crippen LogP contribution in [0.4, 0.5) is 5.69 Å². The number of nitrogens with zero attached hydrogens (tertiary/aromatic N) is 1. The Balaban J connectivity index is 2.31. The smallest absolute Gasteiger partial charge is 0.203 e. The van der Waals surface area contributed by atoms with Gasteiger partial charge in [-0.25, -0.2) is 5.01 Å². The predicted molar refractivity (Wildman–Crippen MR) is 47.0 cm³/mol. The van der Waals surface area contributed by atoms with E-state index in [2.05, 4.69) is 5.59 Å². The lowest BCUT2D eigenvalue weighted by molar-refractivity contribution is 0.132. The molecule has 0 unspecified atom stereocenters. The molecular formula is C9H9N2O2. The SMILES string of the molecule is CC1=CN(c2ccccc2[O])NO1. The summed E-state index contributed by atoms with van der Waals surface area (Å²) in [7, 11) is 0. The minimum Gasteiger partial charge on any atom is -0.392 e. The fraction of sp³-hybridized carbons (Fsp3) is 0.111. The van der Waals surface area contributed by atoms with Gasteiger partial charge in [0.15, 0.2) is 0 Å². The number of rotatable bonds is 1. The summed E-state index contributed by atoms with van der Waals surface area (Å²) < 4.78 is 0. The minimum absolute atomic E-state index is 0.0375. The van der Waals surface area contributed by atoms with Crippen LogP contribution in [0.5, 0.6) is 5.75 Å². The molecule has 0 aliphatic carbocycles. The van der Waals surface area contributed by atoms with Crippen molar-refractivity contribution in [1.82, 2.24) is 5.59 Å². The van der Waals surface area contributed by atoms with Crippen LogP contribution in [0.3, 0.4) is 0 Å². The van der Waals surface area contributed by atoms with Crippen LogP contribution < -0.4 is 10.6 Å². The molecule has 1 aliphatic rings. The van der Waals surface area contributed by atoms with Gasteiger partial charge in [0.2, 0.25) is 5.75 Å². The summed E-state index contributed by atoms with van der Waals surface area (Å²) in [5, 5.41) is 12.9. The van der Waals surface area contributed by atoms with E-state index < -0.39 is 0 Å². The predicted octanol–water partition coefficient (Wildman–Crippen LogP) is 1.95. The molecule has 1 aromatic carbocycles. The van der Waals surface area contributed by atoms with Crippen LogP contribution in [0.2, 0.25) is 0 Å². The van der Waals surface area contributed by atoms with Crippen molar-refractivity contribution in [2.75, 3.05) is 5.01 Å². The maximum Gasteiger partial charge on any atom is 0.203 e. The summed E-state index contributed by atoms with van der Waals surface area (Å²) in [5.41, 5.74) is 3.16. The number of anilines is 1. The zero-order chi connectivity index (χ0) is 9.26. The van der Waals surface area contributed by atoms with E-state index in [1.807, 2.05) is 0 Å². The van der Waals surface area contributed by atoms with E-state index in [0.29, 0.717) is 5.69 Å². The normalized spacial score (nSPS) is 15.5. The molecule has 1 N–H and O–H groups in total. The van der Waals surface area contributed by atoms with Crippen molar-refractivity contribution in [3.8, 4) is 5.75 Å². The highest BCUT2D eigenvalue weighted by Gasteiger charge is 2.15. The van der Waals surface area contributed by atoms with Crippen LogP contribution in [0.15, 0.2) is 36.2 Å². The first-order valence-corrected chi connectivity index (χ1v) is 3.93. The molecule has 0 spiro atoms. The molecular weight excluding hydrogens is 168 g/mol. The summed E-state index contributed by atoms with van der Waals surface area (Å²) in [4.78, 5) is 4.97. The van der Waals surface area contributed by atoms with Gasteiger partial charge in [0.25, 0.3) is 0 Å². The lowest BCUT2D eigenvalue weighted by Gasteiger charge is -2.13. The first kappa shape index (κ1) is 7.94. The van der Waals surface area contributed by atoms with Gasteiger partial charge in [-0.2, -0.15) is 0 Å². The van der Waals surface area contributed by atoms with Crippen LogP contribution in [-0.2, 0) is 9.94 Å². The molecule has 1 aliphatic heterocycles. The molecule has 13 heavy (non-hydrogen) atoms. The molecule has 1 radical (unpaired) electrons. The Morgan fingerprint density at radius 1 is 1.38 bits per heavy atom. The van der Waals surface area contributed by atoms with Crippen molar-refractivity contribution in [3.05, 3.63) is 36.2 Å².